The first kappa shape index (κ1) is 15.8. The summed E-state index contributed by atoms with van der Waals surface area (Å²) in [5, 5.41) is 2.79. The lowest BCUT2D eigenvalue weighted by Gasteiger charge is -2.32. The Bertz CT molecular complexity index is 569. The van der Waals surface area contributed by atoms with Crippen LogP contribution in [0.25, 0.3) is 0 Å². The highest BCUT2D eigenvalue weighted by Gasteiger charge is 2.40. The van der Waals surface area contributed by atoms with Gasteiger partial charge in [-0.05, 0) is 25.0 Å². The van der Waals surface area contributed by atoms with E-state index in [1.54, 1.807) is 17.0 Å². The molecule has 0 aromatic carbocycles. The molecule has 0 atom stereocenters. The molecule has 0 unspecified atom stereocenters. The number of likely N-dealkylation sites (tertiary alicyclic amines) is 2. The molecule has 0 spiro atoms. The molecule has 1 N–H and O–H groups in total. The van der Waals surface area contributed by atoms with Gasteiger partial charge in [-0.1, -0.05) is 0 Å². The van der Waals surface area contributed by atoms with Crippen LogP contribution in [-0.2, 0) is 0 Å². The molecule has 3 amide bonds. The average molecular weight is 327 g/mol. The highest BCUT2D eigenvalue weighted by atomic mass is 19.3. The van der Waals surface area contributed by atoms with Crippen molar-refractivity contribution < 1.29 is 22.8 Å². The molecule has 0 saturated carbocycles. The third-order valence-corrected chi connectivity index (χ3v) is 4.30. The zero-order chi connectivity index (χ0) is 16.4. The molecule has 0 bridgehead atoms. The van der Waals surface area contributed by atoms with Crippen LogP contribution in [0.5, 0.6) is 0 Å². The minimum absolute atomic E-state index is 0.0780. The van der Waals surface area contributed by atoms with E-state index >= 15 is 0 Å². The highest BCUT2D eigenvalue weighted by molar-refractivity contribution is 5.91. The van der Waals surface area contributed by atoms with E-state index in [4.69, 9.17) is 4.42 Å². The second-order valence-electron chi connectivity index (χ2n) is 6.02. The zero-order valence-electron chi connectivity index (χ0n) is 12.6. The van der Waals surface area contributed by atoms with E-state index in [1.165, 1.54) is 6.26 Å². The summed E-state index contributed by atoms with van der Waals surface area (Å²) in [5.41, 5.74) is 0. The van der Waals surface area contributed by atoms with E-state index in [2.05, 4.69) is 5.32 Å². The largest absolute Gasteiger partial charge is 0.459 e. The molecular weight excluding hydrogens is 308 g/mol. The van der Waals surface area contributed by atoms with Crippen molar-refractivity contribution in [1.82, 2.24) is 15.1 Å². The Morgan fingerprint density at radius 3 is 2.52 bits per heavy atom. The number of piperidine rings is 1. The minimum Gasteiger partial charge on any atom is -0.459 e. The molecule has 126 valence electrons. The van der Waals surface area contributed by atoms with Crippen molar-refractivity contribution in [3.8, 4) is 0 Å². The van der Waals surface area contributed by atoms with Crippen LogP contribution in [0.4, 0.5) is 13.6 Å². The Balaban J connectivity index is 1.46. The molecule has 3 heterocycles. The first-order valence-electron chi connectivity index (χ1n) is 7.71. The molecule has 8 heteroatoms. The van der Waals surface area contributed by atoms with Crippen LogP contribution in [0.2, 0.25) is 0 Å². The van der Waals surface area contributed by atoms with Crippen LogP contribution in [-0.4, -0.2) is 59.9 Å². The fraction of sp³-hybridized carbons (Fsp3) is 0.600. The SMILES string of the molecule is O=C(NC1CCN(C(=O)c2ccco2)CC1)N1CCC(F)(F)C1. The van der Waals surface area contributed by atoms with Gasteiger partial charge in [0.1, 0.15) is 0 Å². The third kappa shape index (κ3) is 3.62. The number of urea groups is 1. The maximum atomic E-state index is 13.1. The predicted octanol–water partition coefficient (Wildman–Crippen LogP) is 1.93. The number of halogens is 2. The van der Waals surface area contributed by atoms with E-state index in [1.807, 2.05) is 0 Å². The van der Waals surface area contributed by atoms with Gasteiger partial charge in [-0.25, -0.2) is 13.6 Å². The fourth-order valence-electron chi connectivity index (χ4n) is 2.96. The van der Waals surface area contributed by atoms with E-state index in [9.17, 15) is 18.4 Å². The van der Waals surface area contributed by atoms with Gasteiger partial charge in [-0.2, -0.15) is 0 Å². The molecule has 2 saturated heterocycles. The molecule has 0 radical (unpaired) electrons. The van der Waals surface area contributed by atoms with Crippen LogP contribution >= 0.6 is 0 Å². The Morgan fingerprint density at radius 2 is 1.96 bits per heavy atom. The molecule has 6 nitrogen and oxygen atoms in total. The fourth-order valence-corrected chi connectivity index (χ4v) is 2.96. The normalized spacial score (nSPS) is 21.5. The van der Waals surface area contributed by atoms with Crippen molar-refractivity contribution in [3.63, 3.8) is 0 Å². The Labute approximate surface area is 132 Å². The lowest BCUT2D eigenvalue weighted by molar-refractivity contribution is 0.0151. The first-order chi connectivity index (χ1) is 10.9. The van der Waals surface area contributed by atoms with Gasteiger partial charge >= 0.3 is 6.03 Å². The van der Waals surface area contributed by atoms with Gasteiger partial charge in [-0.15, -0.1) is 0 Å². The Kier molecular flexibility index (Phi) is 4.23. The summed E-state index contributed by atoms with van der Waals surface area (Å²) in [5.74, 6) is -2.65. The van der Waals surface area contributed by atoms with Crippen molar-refractivity contribution in [2.75, 3.05) is 26.2 Å². The van der Waals surface area contributed by atoms with Gasteiger partial charge in [0.05, 0.1) is 12.8 Å². The van der Waals surface area contributed by atoms with Crippen molar-refractivity contribution >= 4 is 11.9 Å². The first-order valence-corrected chi connectivity index (χ1v) is 7.71. The monoisotopic (exact) mass is 327 g/mol. The summed E-state index contributed by atoms with van der Waals surface area (Å²) in [6.45, 7) is 0.560. The standard InChI is InChI=1S/C15H19F2N3O3/c16-15(17)5-8-20(10-15)14(22)18-11-3-6-19(7-4-11)13(21)12-2-1-9-23-12/h1-2,9,11H,3-8,10H2,(H,18,22). The quantitative estimate of drug-likeness (QED) is 0.903. The number of alkyl halides is 2. The molecule has 1 aromatic heterocycles. The van der Waals surface area contributed by atoms with Gasteiger partial charge in [0.25, 0.3) is 11.8 Å². The summed E-state index contributed by atoms with van der Waals surface area (Å²) in [4.78, 5) is 26.9. The molecule has 2 aliphatic heterocycles. The van der Waals surface area contributed by atoms with Crippen LogP contribution in [0.3, 0.4) is 0 Å². The van der Waals surface area contributed by atoms with Gasteiger partial charge in [0, 0.05) is 32.1 Å². The summed E-state index contributed by atoms with van der Waals surface area (Å²) in [7, 11) is 0. The number of rotatable bonds is 2. The third-order valence-electron chi connectivity index (χ3n) is 4.30. The molecule has 23 heavy (non-hydrogen) atoms. The molecular formula is C15H19F2N3O3. The van der Waals surface area contributed by atoms with E-state index in [-0.39, 0.29) is 24.9 Å². The Hall–Kier alpha value is -2.12. The maximum absolute atomic E-state index is 13.1. The van der Waals surface area contributed by atoms with E-state index in [0.29, 0.717) is 31.7 Å². The number of nitrogens with one attached hydrogen (secondary N) is 1. The van der Waals surface area contributed by atoms with E-state index in [0.717, 1.165) is 4.90 Å². The average Bonchev–Trinajstić information content (AvgIpc) is 3.16. The molecule has 2 fully saturated rings. The van der Waals surface area contributed by atoms with Gasteiger partial charge in [-0.3, -0.25) is 4.79 Å². The zero-order valence-corrected chi connectivity index (χ0v) is 12.6. The van der Waals surface area contributed by atoms with Crippen LogP contribution in [0.15, 0.2) is 22.8 Å². The predicted molar refractivity (Wildman–Crippen MR) is 77.3 cm³/mol. The van der Waals surface area contributed by atoms with Crippen LogP contribution in [0.1, 0.15) is 29.8 Å². The number of nitrogens with zero attached hydrogens (tertiary/aromatic N) is 2. The number of hydrogen-bond donors (Lipinski definition) is 1. The minimum atomic E-state index is -2.78. The molecule has 0 aliphatic carbocycles. The maximum Gasteiger partial charge on any atom is 0.317 e. The molecule has 1 aromatic rings. The second kappa shape index (κ2) is 6.17. The Morgan fingerprint density at radius 1 is 1.22 bits per heavy atom. The highest BCUT2D eigenvalue weighted by Crippen LogP contribution is 2.26. The van der Waals surface area contributed by atoms with E-state index < -0.39 is 18.5 Å². The van der Waals surface area contributed by atoms with Crippen molar-refractivity contribution in [3.05, 3.63) is 24.2 Å². The molecule has 3 rings (SSSR count). The van der Waals surface area contributed by atoms with Gasteiger partial charge < -0.3 is 19.5 Å². The summed E-state index contributed by atoms with van der Waals surface area (Å²) in [6, 6.07) is 2.73. The van der Waals surface area contributed by atoms with Gasteiger partial charge in [0.2, 0.25) is 0 Å². The summed E-state index contributed by atoms with van der Waals surface area (Å²) in [6.07, 6.45) is 2.37. The lowest BCUT2D eigenvalue weighted by atomic mass is 10.0. The number of carbonyl (C=O) groups excluding carboxylic acids is 2. The summed E-state index contributed by atoms with van der Waals surface area (Å²) >= 11 is 0. The molecule has 2 aliphatic rings. The number of hydrogen-bond acceptors (Lipinski definition) is 3. The summed E-state index contributed by atoms with van der Waals surface area (Å²) < 4.78 is 31.4. The smallest absolute Gasteiger partial charge is 0.317 e. The van der Waals surface area contributed by atoms with Gasteiger partial charge in [0.15, 0.2) is 5.76 Å². The lowest BCUT2D eigenvalue weighted by Crippen LogP contribution is -2.50. The van der Waals surface area contributed by atoms with Crippen molar-refractivity contribution in [1.29, 1.82) is 0 Å². The topological polar surface area (TPSA) is 65.8 Å². The van der Waals surface area contributed by atoms with Crippen molar-refractivity contribution in [2.24, 2.45) is 0 Å². The second-order valence-corrected chi connectivity index (χ2v) is 6.02. The number of carbonyl (C=O) groups is 2. The van der Waals surface area contributed by atoms with Crippen LogP contribution in [0, 0.1) is 0 Å². The number of amides is 3. The number of furan rings is 1. The van der Waals surface area contributed by atoms with Crippen molar-refractivity contribution in [2.45, 2.75) is 31.2 Å². The van der Waals surface area contributed by atoms with Crippen LogP contribution < -0.4 is 5.32 Å².